The molecule has 10 heteroatoms. The van der Waals surface area contributed by atoms with Crippen molar-refractivity contribution in [3.8, 4) is 0 Å². The van der Waals surface area contributed by atoms with Crippen LogP contribution in [0.5, 0.6) is 0 Å². The topological polar surface area (TPSA) is 86.8 Å². The molecule has 0 bridgehead atoms. The largest absolute Gasteiger partial charge is 0.354 e. The number of amides is 2. The number of aryl methyl sites for hydroxylation is 1. The molecule has 0 saturated carbocycles. The fraction of sp³-hybridized carbons (Fsp3) is 0.310. The molecule has 2 amide bonds. The van der Waals surface area contributed by atoms with E-state index in [9.17, 15) is 22.4 Å². The van der Waals surface area contributed by atoms with E-state index in [-0.39, 0.29) is 33.6 Å². The van der Waals surface area contributed by atoms with Gasteiger partial charge in [0.15, 0.2) is 0 Å². The Hall–Kier alpha value is -3.43. The number of hydrogen-bond acceptors (Lipinski definition) is 4. The van der Waals surface area contributed by atoms with Gasteiger partial charge in [0.2, 0.25) is 11.8 Å². The molecule has 3 aromatic carbocycles. The molecule has 0 spiro atoms. The molecule has 0 aliphatic rings. The van der Waals surface area contributed by atoms with Crippen LogP contribution in [0.3, 0.4) is 0 Å². The first-order chi connectivity index (χ1) is 18.4. The van der Waals surface area contributed by atoms with Crippen molar-refractivity contribution in [1.82, 2.24) is 10.2 Å². The number of benzene rings is 3. The van der Waals surface area contributed by atoms with E-state index in [1.165, 1.54) is 54.3 Å². The predicted octanol–water partition coefficient (Wildman–Crippen LogP) is 5.17. The second-order valence-electron chi connectivity index (χ2n) is 9.70. The summed E-state index contributed by atoms with van der Waals surface area (Å²) < 4.78 is 43.1. The van der Waals surface area contributed by atoms with E-state index in [0.717, 1.165) is 9.87 Å². The molecule has 1 N–H and O–H groups in total. The van der Waals surface area contributed by atoms with Crippen LogP contribution in [-0.4, -0.2) is 44.3 Å². The second kappa shape index (κ2) is 13.1. The highest BCUT2D eigenvalue weighted by Crippen LogP contribution is 2.31. The highest BCUT2D eigenvalue weighted by atomic mass is 35.5. The van der Waals surface area contributed by atoms with E-state index in [2.05, 4.69) is 5.32 Å². The van der Waals surface area contributed by atoms with Gasteiger partial charge < -0.3 is 10.2 Å². The van der Waals surface area contributed by atoms with Crippen LogP contribution in [0.4, 0.5) is 10.1 Å². The minimum atomic E-state index is -4.24. The lowest BCUT2D eigenvalue weighted by Gasteiger charge is -2.32. The van der Waals surface area contributed by atoms with Crippen LogP contribution in [0.1, 0.15) is 31.9 Å². The molecule has 0 saturated heterocycles. The van der Waals surface area contributed by atoms with Crippen molar-refractivity contribution < 1.29 is 22.4 Å². The number of rotatable bonds is 11. The fourth-order valence-electron chi connectivity index (χ4n) is 3.85. The van der Waals surface area contributed by atoms with Gasteiger partial charge in [0.1, 0.15) is 18.4 Å². The Labute approximate surface area is 234 Å². The molecular formula is C29H33ClFN3O4S. The SMILES string of the molecule is Cc1ccc(S(=O)(=O)N(CC(=O)N(Cc2ccccc2F)[C@H](C)C(=O)NCC(C)C)c2ccccc2Cl)cc1. The molecule has 3 aromatic rings. The Balaban J connectivity index is 2.03. The van der Waals surface area contributed by atoms with Crippen LogP contribution >= 0.6 is 11.6 Å². The molecule has 0 unspecified atom stereocenters. The van der Waals surface area contributed by atoms with Gasteiger partial charge in [0.25, 0.3) is 10.0 Å². The summed E-state index contributed by atoms with van der Waals surface area (Å²) in [5.74, 6) is -1.49. The summed E-state index contributed by atoms with van der Waals surface area (Å²) in [5, 5.41) is 2.92. The summed E-state index contributed by atoms with van der Waals surface area (Å²) >= 11 is 6.39. The van der Waals surface area contributed by atoms with Gasteiger partial charge in [-0.3, -0.25) is 13.9 Å². The third kappa shape index (κ3) is 7.58. The van der Waals surface area contributed by atoms with E-state index < -0.39 is 40.2 Å². The molecule has 3 rings (SSSR count). The molecule has 0 aliphatic heterocycles. The third-order valence-electron chi connectivity index (χ3n) is 6.16. The van der Waals surface area contributed by atoms with Gasteiger partial charge in [-0.1, -0.05) is 73.5 Å². The Morgan fingerprint density at radius 2 is 1.56 bits per heavy atom. The van der Waals surface area contributed by atoms with E-state index in [0.29, 0.717) is 6.54 Å². The maximum atomic E-state index is 14.6. The van der Waals surface area contributed by atoms with Crippen molar-refractivity contribution >= 4 is 39.1 Å². The molecule has 0 aromatic heterocycles. The summed E-state index contributed by atoms with van der Waals surface area (Å²) in [6.07, 6.45) is 0. The normalized spacial score (nSPS) is 12.2. The van der Waals surface area contributed by atoms with Gasteiger partial charge in [-0.2, -0.15) is 0 Å². The zero-order valence-electron chi connectivity index (χ0n) is 22.4. The van der Waals surface area contributed by atoms with Gasteiger partial charge >= 0.3 is 0 Å². The number of anilines is 1. The second-order valence-corrected chi connectivity index (χ2v) is 12.0. The van der Waals surface area contributed by atoms with Crippen molar-refractivity contribution in [2.45, 2.75) is 45.2 Å². The lowest BCUT2D eigenvalue weighted by molar-refractivity contribution is -0.139. The summed E-state index contributed by atoms with van der Waals surface area (Å²) in [7, 11) is -4.24. The minimum Gasteiger partial charge on any atom is -0.354 e. The average Bonchev–Trinajstić information content (AvgIpc) is 2.90. The third-order valence-corrected chi connectivity index (χ3v) is 8.25. The Morgan fingerprint density at radius 3 is 2.18 bits per heavy atom. The summed E-state index contributed by atoms with van der Waals surface area (Å²) in [6.45, 7) is 6.73. The highest BCUT2D eigenvalue weighted by molar-refractivity contribution is 7.92. The lowest BCUT2D eigenvalue weighted by atomic mass is 10.1. The molecule has 208 valence electrons. The van der Waals surface area contributed by atoms with Crippen LogP contribution in [-0.2, 0) is 26.2 Å². The van der Waals surface area contributed by atoms with E-state index >= 15 is 0 Å². The van der Waals surface area contributed by atoms with Crippen LogP contribution in [0.2, 0.25) is 5.02 Å². The summed E-state index contributed by atoms with van der Waals surface area (Å²) in [6, 6.07) is 17.4. The molecule has 0 heterocycles. The number of para-hydroxylation sites is 1. The van der Waals surface area contributed by atoms with Gasteiger partial charge in [-0.15, -0.1) is 0 Å². The molecule has 1 atom stereocenters. The molecule has 0 aliphatic carbocycles. The minimum absolute atomic E-state index is 0.0239. The van der Waals surface area contributed by atoms with Crippen molar-refractivity contribution in [3.05, 3.63) is 94.8 Å². The maximum Gasteiger partial charge on any atom is 0.264 e. The van der Waals surface area contributed by atoms with Crippen LogP contribution < -0.4 is 9.62 Å². The molecule has 39 heavy (non-hydrogen) atoms. The first kappa shape index (κ1) is 30.1. The Bertz CT molecular complexity index is 1410. The van der Waals surface area contributed by atoms with E-state index in [4.69, 9.17) is 11.6 Å². The highest BCUT2D eigenvalue weighted by Gasteiger charge is 2.33. The van der Waals surface area contributed by atoms with E-state index in [1.54, 1.807) is 30.3 Å². The number of carbonyl (C=O) groups excluding carboxylic acids is 2. The van der Waals surface area contributed by atoms with E-state index in [1.807, 2.05) is 20.8 Å². The smallest absolute Gasteiger partial charge is 0.264 e. The van der Waals surface area contributed by atoms with Crippen LogP contribution in [0.15, 0.2) is 77.7 Å². The fourth-order valence-corrected chi connectivity index (χ4v) is 5.57. The van der Waals surface area contributed by atoms with Crippen molar-refractivity contribution in [2.75, 3.05) is 17.4 Å². The summed E-state index contributed by atoms with van der Waals surface area (Å²) in [5.41, 5.74) is 1.17. The average molecular weight is 574 g/mol. The predicted molar refractivity (Wildman–Crippen MR) is 151 cm³/mol. The number of sulfonamides is 1. The van der Waals surface area contributed by atoms with Gasteiger partial charge in [-0.05, 0) is 50.1 Å². The maximum absolute atomic E-state index is 14.6. The van der Waals surface area contributed by atoms with Gasteiger partial charge in [-0.25, -0.2) is 12.8 Å². The first-order valence-electron chi connectivity index (χ1n) is 12.6. The monoisotopic (exact) mass is 573 g/mol. The van der Waals surface area contributed by atoms with Crippen molar-refractivity contribution in [3.63, 3.8) is 0 Å². The number of hydrogen-bond donors (Lipinski definition) is 1. The number of carbonyl (C=O) groups is 2. The van der Waals surface area contributed by atoms with Crippen LogP contribution in [0.25, 0.3) is 0 Å². The quantitative estimate of drug-likeness (QED) is 0.343. The molecule has 7 nitrogen and oxygen atoms in total. The standard InChI is InChI=1S/C29H33ClFN3O4S/c1-20(2)17-32-29(36)22(4)33(18-23-9-5-7-11-26(23)31)28(35)19-34(27-12-8-6-10-25(27)30)39(37,38)24-15-13-21(3)14-16-24/h5-16,20,22H,17-19H2,1-4H3,(H,32,36)/t22-/m1/s1. The molecule has 0 radical (unpaired) electrons. The molecular weight excluding hydrogens is 541 g/mol. The zero-order valence-corrected chi connectivity index (χ0v) is 24.0. The van der Waals surface area contributed by atoms with Crippen molar-refractivity contribution in [2.24, 2.45) is 5.92 Å². The Kier molecular flexibility index (Phi) is 10.1. The first-order valence-corrected chi connectivity index (χ1v) is 14.4. The van der Waals surface area contributed by atoms with Crippen molar-refractivity contribution in [1.29, 1.82) is 0 Å². The zero-order chi connectivity index (χ0) is 28.7. The lowest BCUT2D eigenvalue weighted by Crippen LogP contribution is -2.51. The molecule has 0 fully saturated rings. The number of nitrogens with zero attached hydrogens (tertiary/aromatic N) is 2. The van der Waals surface area contributed by atoms with Gasteiger partial charge in [0, 0.05) is 18.7 Å². The summed E-state index contributed by atoms with van der Waals surface area (Å²) in [4.78, 5) is 28.0. The number of nitrogens with one attached hydrogen (secondary N) is 1. The Morgan fingerprint density at radius 1 is 0.949 bits per heavy atom. The number of halogens is 2. The van der Waals surface area contributed by atoms with Gasteiger partial charge in [0.05, 0.1) is 15.6 Å². The van der Waals surface area contributed by atoms with Crippen LogP contribution in [0, 0.1) is 18.7 Å².